The van der Waals surface area contributed by atoms with Crippen LogP contribution in [0, 0.1) is 0 Å². The van der Waals surface area contributed by atoms with E-state index in [4.69, 9.17) is 15.2 Å². The number of methoxy groups -OCH3 is 2. The molecule has 1 unspecified atom stereocenters. The molecular weight excluding hydrogens is 268 g/mol. The van der Waals surface area contributed by atoms with Crippen LogP contribution in [0.25, 0.3) is 0 Å². The first-order valence-corrected chi connectivity index (χ1v) is 5.83. The van der Waals surface area contributed by atoms with Crippen LogP contribution in [0.2, 0.25) is 0 Å². The summed E-state index contributed by atoms with van der Waals surface area (Å²) in [6.07, 6.45) is 0.331. The molecule has 0 fully saturated rings. The minimum Gasteiger partial charge on any atom is -0.493 e. The van der Waals surface area contributed by atoms with Crippen LogP contribution in [0.15, 0.2) is 18.2 Å². The minimum absolute atomic E-state index is 0. The van der Waals surface area contributed by atoms with E-state index in [-0.39, 0.29) is 24.4 Å². The summed E-state index contributed by atoms with van der Waals surface area (Å²) in [6, 6.07) is 5.48. The fourth-order valence-corrected chi connectivity index (χ4v) is 1.65. The van der Waals surface area contributed by atoms with Crippen molar-refractivity contribution in [3.8, 4) is 11.5 Å². The third-order valence-electron chi connectivity index (χ3n) is 2.66. The molecule has 1 rings (SSSR count). The molecule has 1 amide bonds. The summed E-state index contributed by atoms with van der Waals surface area (Å²) in [5.41, 5.74) is 6.29. The molecule has 0 bridgehead atoms. The highest BCUT2D eigenvalue weighted by atomic mass is 35.5. The van der Waals surface area contributed by atoms with Gasteiger partial charge in [0.1, 0.15) is 0 Å². The van der Waals surface area contributed by atoms with E-state index < -0.39 is 0 Å². The maximum Gasteiger partial charge on any atom is 0.221 e. The summed E-state index contributed by atoms with van der Waals surface area (Å²) < 4.78 is 10.4. The number of hydrogen-bond donors (Lipinski definition) is 2. The number of nitrogens with one attached hydrogen (secondary N) is 1. The van der Waals surface area contributed by atoms with Gasteiger partial charge in [0.05, 0.1) is 20.3 Å². The van der Waals surface area contributed by atoms with E-state index >= 15 is 0 Å². The Morgan fingerprint density at radius 1 is 1.32 bits per heavy atom. The summed E-state index contributed by atoms with van der Waals surface area (Å²) in [5.74, 6) is 1.26. The lowest BCUT2D eigenvalue weighted by Gasteiger charge is -2.16. The average molecular weight is 289 g/mol. The van der Waals surface area contributed by atoms with Gasteiger partial charge in [-0.05, 0) is 24.6 Å². The Hall–Kier alpha value is -1.46. The van der Waals surface area contributed by atoms with Gasteiger partial charge in [-0.15, -0.1) is 12.4 Å². The first kappa shape index (κ1) is 17.5. The second kappa shape index (κ2) is 8.61. The van der Waals surface area contributed by atoms with Crippen molar-refractivity contribution in [1.82, 2.24) is 5.32 Å². The maximum atomic E-state index is 11.5. The van der Waals surface area contributed by atoms with Crippen molar-refractivity contribution < 1.29 is 14.3 Å². The van der Waals surface area contributed by atoms with Crippen LogP contribution in [0.1, 0.15) is 24.9 Å². The highest BCUT2D eigenvalue weighted by Gasteiger charge is 2.12. The molecule has 1 aromatic carbocycles. The van der Waals surface area contributed by atoms with Crippen molar-refractivity contribution in [2.24, 2.45) is 5.73 Å². The highest BCUT2D eigenvalue weighted by Crippen LogP contribution is 2.29. The molecular formula is C13H21ClN2O3. The number of nitrogens with two attached hydrogens (primary N) is 1. The largest absolute Gasteiger partial charge is 0.493 e. The molecule has 0 aromatic heterocycles. The van der Waals surface area contributed by atoms with Gasteiger partial charge in [-0.3, -0.25) is 4.79 Å². The lowest BCUT2D eigenvalue weighted by Crippen LogP contribution is -2.28. The van der Waals surface area contributed by atoms with Crippen molar-refractivity contribution >= 4 is 18.3 Å². The van der Waals surface area contributed by atoms with Gasteiger partial charge in [0.15, 0.2) is 11.5 Å². The van der Waals surface area contributed by atoms with Crippen LogP contribution in [-0.2, 0) is 4.79 Å². The topological polar surface area (TPSA) is 73.6 Å². The van der Waals surface area contributed by atoms with E-state index in [1.165, 1.54) is 0 Å². The van der Waals surface area contributed by atoms with Crippen LogP contribution in [0.3, 0.4) is 0 Å². The second-order valence-electron chi connectivity index (χ2n) is 3.94. The molecule has 3 N–H and O–H groups in total. The SMILES string of the molecule is COc1ccc(C(C)NC(=O)CCN)cc1OC.Cl. The molecule has 0 saturated carbocycles. The highest BCUT2D eigenvalue weighted by molar-refractivity contribution is 5.85. The quantitative estimate of drug-likeness (QED) is 0.835. The molecule has 6 heteroatoms. The zero-order chi connectivity index (χ0) is 13.5. The molecule has 0 saturated heterocycles. The molecule has 0 aliphatic rings. The standard InChI is InChI=1S/C13H20N2O3.ClH/c1-9(15-13(16)6-7-14)10-4-5-11(17-2)12(8-10)18-3;/h4-5,8-9H,6-7,14H2,1-3H3,(H,15,16);1H. The minimum atomic E-state index is -0.0937. The second-order valence-corrected chi connectivity index (χ2v) is 3.94. The Morgan fingerprint density at radius 2 is 1.95 bits per heavy atom. The van der Waals surface area contributed by atoms with Crippen LogP contribution in [0.5, 0.6) is 11.5 Å². The average Bonchev–Trinajstić information content (AvgIpc) is 2.38. The third-order valence-corrected chi connectivity index (χ3v) is 2.66. The van der Waals surface area contributed by atoms with Crippen molar-refractivity contribution in [2.45, 2.75) is 19.4 Å². The molecule has 0 radical (unpaired) electrons. The summed E-state index contributed by atoms with van der Waals surface area (Å²) in [6.45, 7) is 2.26. The third kappa shape index (κ3) is 4.96. The molecule has 0 heterocycles. The van der Waals surface area contributed by atoms with E-state index in [9.17, 15) is 4.79 Å². The maximum absolute atomic E-state index is 11.5. The van der Waals surface area contributed by atoms with Crippen molar-refractivity contribution in [3.63, 3.8) is 0 Å². The van der Waals surface area contributed by atoms with Gasteiger partial charge in [0.2, 0.25) is 5.91 Å². The molecule has 0 aliphatic heterocycles. The lowest BCUT2D eigenvalue weighted by atomic mass is 10.1. The molecule has 19 heavy (non-hydrogen) atoms. The first-order valence-electron chi connectivity index (χ1n) is 5.83. The Balaban J connectivity index is 0.00000324. The molecule has 108 valence electrons. The molecule has 1 aromatic rings. The smallest absolute Gasteiger partial charge is 0.221 e. The molecule has 1 atom stereocenters. The normalized spacial score (nSPS) is 11.2. The van der Waals surface area contributed by atoms with Crippen LogP contribution < -0.4 is 20.5 Å². The number of benzene rings is 1. The monoisotopic (exact) mass is 288 g/mol. The van der Waals surface area contributed by atoms with E-state index in [1.54, 1.807) is 14.2 Å². The van der Waals surface area contributed by atoms with Crippen molar-refractivity contribution in [1.29, 1.82) is 0 Å². The van der Waals surface area contributed by atoms with E-state index in [0.29, 0.717) is 24.5 Å². The van der Waals surface area contributed by atoms with Gasteiger partial charge in [-0.25, -0.2) is 0 Å². The van der Waals surface area contributed by atoms with E-state index in [2.05, 4.69) is 5.32 Å². The first-order chi connectivity index (χ1) is 8.62. The van der Waals surface area contributed by atoms with Gasteiger partial charge in [-0.2, -0.15) is 0 Å². The van der Waals surface area contributed by atoms with Crippen molar-refractivity contribution in [3.05, 3.63) is 23.8 Å². The number of carbonyl (C=O) groups excluding carboxylic acids is 1. The van der Waals surface area contributed by atoms with Gasteiger partial charge in [0, 0.05) is 13.0 Å². The van der Waals surface area contributed by atoms with Gasteiger partial charge in [-0.1, -0.05) is 6.07 Å². The number of amides is 1. The number of hydrogen-bond acceptors (Lipinski definition) is 4. The van der Waals surface area contributed by atoms with Crippen LogP contribution in [0.4, 0.5) is 0 Å². The van der Waals surface area contributed by atoms with E-state index in [0.717, 1.165) is 5.56 Å². The number of ether oxygens (including phenoxy) is 2. The Bertz CT molecular complexity index is 413. The summed E-state index contributed by atoms with van der Waals surface area (Å²) in [5, 5.41) is 2.87. The number of carbonyl (C=O) groups is 1. The van der Waals surface area contributed by atoms with E-state index in [1.807, 2.05) is 25.1 Å². The Labute approximate surface area is 119 Å². The lowest BCUT2D eigenvalue weighted by molar-refractivity contribution is -0.121. The number of rotatable bonds is 6. The zero-order valence-electron chi connectivity index (χ0n) is 11.4. The Kier molecular flexibility index (Phi) is 7.95. The summed E-state index contributed by atoms with van der Waals surface area (Å²) in [4.78, 5) is 11.5. The van der Waals surface area contributed by atoms with Crippen molar-refractivity contribution in [2.75, 3.05) is 20.8 Å². The number of halogens is 1. The summed E-state index contributed by atoms with van der Waals surface area (Å²) in [7, 11) is 3.17. The van der Waals surface area contributed by atoms with Crippen LogP contribution >= 0.6 is 12.4 Å². The predicted molar refractivity (Wildman–Crippen MR) is 77.0 cm³/mol. The zero-order valence-corrected chi connectivity index (χ0v) is 12.3. The molecule has 5 nitrogen and oxygen atoms in total. The molecule has 0 aliphatic carbocycles. The van der Waals surface area contributed by atoms with Gasteiger partial charge in [0.25, 0.3) is 0 Å². The fourth-order valence-electron chi connectivity index (χ4n) is 1.65. The summed E-state index contributed by atoms with van der Waals surface area (Å²) >= 11 is 0. The predicted octanol–water partition coefficient (Wildman–Crippen LogP) is 1.65. The Morgan fingerprint density at radius 3 is 2.47 bits per heavy atom. The fraction of sp³-hybridized carbons (Fsp3) is 0.462. The molecule has 0 spiro atoms. The van der Waals surface area contributed by atoms with Gasteiger partial charge < -0.3 is 20.5 Å². The van der Waals surface area contributed by atoms with Gasteiger partial charge >= 0.3 is 0 Å². The van der Waals surface area contributed by atoms with Crippen LogP contribution in [-0.4, -0.2) is 26.7 Å².